The number of halogens is 1. The fraction of sp³-hybridized carbons (Fsp3) is 0.500. The number of anilines is 1. The Hall–Kier alpha value is -1.40. The number of nitro groups is 1. The molecule has 0 saturated carbocycles. The molecule has 0 spiro atoms. The third kappa shape index (κ3) is 3.54. The van der Waals surface area contributed by atoms with E-state index in [2.05, 4.69) is 15.6 Å². The molecule has 17 heavy (non-hydrogen) atoms. The van der Waals surface area contributed by atoms with Crippen molar-refractivity contribution in [3.05, 3.63) is 28.4 Å². The van der Waals surface area contributed by atoms with Crippen molar-refractivity contribution in [2.45, 2.75) is 18.9 Å². The number of hydrogen-bond donors (Lipinski definition) is 2. The van der Waals surface area contributed by atoms with Gasteiger partial charge in [-0.05, 0) is 25.5 Å². The van der Waals surface area contributed by atoms with Gasteiger partial charge in [0, 0.05) is 24.8 Å². The molecule has 1 saturated heterocycles. The van der Waals surface area contributed by atoms with Crippen LogP contribution in [0.15, 0.2) is 18.3 Å². The third-order valence-electron chi connectivity index (χ3n) is 2.62. The minimum absolute atomic E-state index is 0. The Bertz CT molecular complexity index is 382. The fourth-order valence-corrected chi connectivity index (χ4v) is 1.82. The van der Waals surface area contributed by atoms with Crippen LogP contribution in [-0.2, 0) is 0 Å². The molecule has 0 bridgehead atoms. The molecule has 1 aromatic heterocycles. The summed E-state index contributed by atoms with van der Waals surface area (Å²) >= 11 is 0. The summed E-state index contributed by atoms with van der Waals surface area (Å²) in [5.41, 5.74) is 0.0353. The number of nitrogens with one attached hydrogen (secondary N) is 2. The summed E-state index contributed by atoms with van der Waals surface area (Å²) in [6.45, 7) is 1.84. The summed E-state index contributed by atoms with van der Waals surface area (Å²) in [6.07, 6.45) is 3.66. The van der Waals surface area contributed by atoms with Crippen molar-refractivity contribution >= 4 is 23.9 Å². The zero-order chi connectivity index (χ0) is 11.4. The highest BCUT2D eigenvalue weighted by atomic mass is 35.5. The summed E-state index contributed by atoms with van der Waals surface area (Å²) in [4.78, 5) is 14.4. The molecule has 6 nitrogen and oxygen atoms in total. The zero-order valence-corrected chi connectivity index (χ0v) is 10.1. The molecule has 2 heterocycles. The van der Waals surface area contributed by atoms with Gasteiger partial charge in [0.15, 0.2) is 0 Å². The third-order valence-corrected chi connectivity index (χ3v) is 2.62. The molecule has 2 rings (SSSR count). The first-order valence-electron chi connectivity index (χ1n) is 5.34. The van der Waals surface area contributed by atoms with E-state index in [1.54, 1.807) is 12.3 Å². The van der Waals surface area contributed by atoms with Gasteiger partial charge in [0.05, 0.1) is 4.92 Å². The Morgan fingerprint density at radius 1 is 1.59 bits per heavy atom. The van der Waals surface area contributed by atoms with E-state index in [9.17, 15) is 10.1 Å². The fourth-order valence-electron chi connectivity index (χ4n) is 1.82. The van der Waals surface area contributed by atoms with Crippen molar-refractivity contribution in [2.75, 3.05) is 18.4 Å². The Morgan fingerprint density at radius 2 is 2.41 bits per heavy atom. The van der Waals surface area contributed by atoms with Crippen LogP contribution < -0.4 is 10.6 Å². The standard InChI is InChI=1S/C10H14N4O2.ClH/c15-14(16)9-4-2-6-12-10(9)13-8-3-1-5-11-7-8;/h2,4,6,8,11H,1,3,5,7H2,(H,12,13);1H. The molecule has 1 unspecified atom stereocenters. The van der Waals surface area contributed by atoms with Crippen LogP contribution in [0.1, 0.15) is 12.8 Å². The number of piperidine rings is 1. The lowest BCUT2D eigenvalue weighted by Crippen LogP contribution is -2.38. The van der Waals surface area contributed by atoms with Crippen molar-refractivity contribution in [1.82, 2.24) is 10.3 Å². The van der Waals surface area contributed by atoms with Crippen LogP contribution in [0.3, 0.4) is 0 Å². The van der Waals surface area contributed by atoms with E-state index in [4.69, 9.17) is 0 Å². The van der Waals surface area contributed by atoms with Crippen LogP contribution in [0.2, 0.25) is 0 Å². The Balaban J connectivity index is 0.00000144. The summed E-state index contributed by atoms with van der Waals surface area (Å²) in [5, 5.41) is 17.1. The topological polar surface area (TPSA) is 80.1 Å². The lowest BCUT2D eigenvalue weighted by molar-refractivity contribution is -0.384. The van der Waals surface area contributed by atoms with Gasteiger partial charge in [-0.1, -0.05) is 0 Å². The van der Waals surface area contributed by atoms with Crippen LogP contribution in [0, 0.1) is 10.1 Å². The highest BCUT2D eigenvalue weighted by molar-refractivity contribution is 5.85. The molecule has 0 aliphatic carbocycles. The Labute approximate surface area is 105 Å². The van der Waals surface area contributed by atoms with Gasteiger partial charge in [-0.15, -0.1) is 12.4 Å². The van der Waals surface area contributed by atoms with Gasteiger partial charge in [-0.2, -0.15) is 0 Å². The molecule has 94 valence electrons. The van der Waals surface area contributed by atoms with Crippen molar-refractivity contribution in [1.29, 1.82) is 0 Å². The number of aromatic nitrogens is 1. The maximum Gasteiger partial charge on any atom is 0.311 e. The molecule has 1 aromatic rings. The minimum Gasteiger partial charge on any atom is -0.360 e. The second-order valence-electron chi connectivity index (χ2n) is 3.82. The molecular weight excluding hydrogens is 244 g/mol. The second-order valence-corrected chi connectivity index (χ2v) is 3.82. The molecule has 1 aliphatic rings. The van der Waals surface area contributed by atoms with Gasteiger partial charge in [0.2, 0.25) is 5.82 Å². The molecule has 0 radical (unpaired) electrons. The molecule has 0 aromatic carbocycles. The first kappa shape index (κ1) is 13.7. The lowest BCUT2D eigenvalue weighted by atomic mass is 10.1. The predicted octanol–water partition coefficient (Wildman–Crippen LogP) is 1.58. The van der Waals surface area contributed by atoms with Crippen LogP contribution in [-0.4, -0.2) is 29.0 Å². The summed E-state index contributed by atoms with van der Waals surface area (Å²) in [6, 6.07) is 3.26. The molecule has 1 fully saturated rings. The Kier molecular flexibility index (Phi) is 5.11. The zero-order valence-electron chi connectivity index (χ0n) is 9.26. The van der Waals surface area contributed by atoms with Gasteiger partial charge in [-0.3, -0.25) is 10.1 Å². The highest BCUT2D eigenvalue weighted by Crippen LogP contribution is 2.22. The maximum absolute atomic E-state index is 10.8. The molecule has 0 amide bonds. The number of nitrogens with zero attached hydrogens (tertiary/aromatic N) is 2. The smallest absolute Gasteiger partial charge is 0.311 e. The highest BCUT2D eigenvalue weighted by Gasteiger charge is 2.19. The van der Waals surface area contributed by atoms with E-state index in [0.29, 0.717) is 5.82 Å². The molecular formula is C10H15ClN4O2. The average Bonchev–Trinajstić information content (AvgIpc) is 2.31. The average molecular weight is 259 g/mol. The van der Waals surface area contributed by atoms with Crippen LogP contribution in [0.25, 0.3) is 0 Å². The van der Waals surface area contributed by atoms with E-state index < -0.39 is 4.92 Å². The molecule has 1 aliphatic heterocycles. The van der Waals surface area contributed by atoms with Gasteiger partial charge in [0.25, 0.3) is 0 Å². The van der Waals surface area contributed by atoms with E-state index in [1.165, 1.54) is 6.07 Å². The number of rotatable bonds is 3. The van der Waals surface area contributed by atoms with Crippen molar-refractivity contribution in [3.8, 4) is 0 Å². The normalized spacial score (nSPS) is 19.2. The van der Waals surface area contributed by atoms with Gasteiger partial charge < -0.3 is 10.6 Å². The summed E-state index contributed by atoms with van der Waals surface area (Å²) in [7, 11) is 0. The van der Waals surface area contributed by atoms with Gasteiger partial charge in [0.1, 0.15) is 0 Å². The number of pyridine rings is 1. The SMILES string of the molecule is Cl.O=[N+]([O-])c1cccnc1NC1CCCNC1. The van der Waals surface area contributed by atoms with Crippen molar-refractivity contribution in [3.63, 3.8) is 0 Å². The Morgan fingerprint density at radius 3 is 3.06 bits per heavy atom. The van der Waals surface area contributed by atoms with Crippen LogP contribution >= 0.6 is 12.4 Å². The van der Waals surface area contributed by atoms with E-state index in [-0.39, 0.29) is 24.1 Å². The second kappa shape index (κ2) is 6.36. The molecule has 1 atom stereocenters. The minimum atomic E-state index is -0.411. The predicted molar refractivity (Wildman–Crippen MR) is 67.7 cm³/mol. The first-order valence-corrected chi connectivity index (χ1v) is 5.34. The summed E-state index contributed by atoms with van der Waals surface area (Å²) < 4.78 is 0. The van der Waals surface area contributed by atoms with Crippen molar-refractivity contribution < 1.29 is 4.92 Å². The van der Waals surface area contributed by atoms with E-state index >= 15 is 0 Å². The van der Waals surface area contributed by atoms with Crippen molar-refractivity contribution in [2.24, 2.45) is 0 Å². The quantitative estimate of drug-likeness (QED) is 0.636. The van der Waals surface area contributed by atoms with Crippen LogP contribution in [0.4, 0.5) is 11.5 Å². The lowest BCUT2D eigenvalue weighted by Gasteiger charge is -2.23. The summed E-state index contributed by atoms with van der Waals surface area (Å²) in [5.74, 6) is 0.362. The van der Waals surface area contributed by atoms with Gasteiger partial charge in [-0.25, -0.2) is 4.98 Å². The molecule has 2 N–H and O–H groups in total. The van der Waals surface area contributed by atoms with Gasteiger partial charge >= 0.3 is 5.69 Å². The van der Waals surface area contributed by atoms with E-state index in [0.717, 1.165) is 25.9 Å². The first-order chi connectivity index (χ1) is 7.77. The number of hydrogen-bond acceptors (Lipinski definition) is 5. The van der Waals surface area contributed by atoms with E-state index in [1.807, 2.05) is 0 Å². The van der Waals surface area contributed by atoms with Crippen LogP contribution in [0.5, 0.6) is 0 Å². The molecule has 7 heteroatoms. The maximum atomic E-state index is 10.8. The largest absolute Gasteiger partial charge is 0.360 e. The monoisotopic (exact) mass is 258 g/mol.